The van der Waals surface area contributed by atoms with Crippen molar-refractivity contribution >= 4 is 28.9 Å². The summed E-state index contributed by atoms with van der Waals surface area (Å²) in [4.78, 5) is 16.7. The predicted octanol–water partition coefficient (Wildman–Crippen LogP) is 4.96. The van der Waals surface area contributed by atoms with Crippen LogP contribution in [0, 0.1) is 6.92 Å². The van der Waals surface area contributed by atoms with Crippen molar-refractivity contribution in [3.8, 4) is 5.75 Å². The number of amides is 1. The Balaban J connectivity index is 1.57. The van der Waals surface area contributed by atoms with Gasteiger partial charge in [-0.15, -0.1) is 0 Å². The highest BCUT2D eigenvalue weighted by molar-refractivity contribution is 6.30. The van der Waals surface area contributed by atoms with Crippen LogP contribution in [-0.2, 0) is 6.42 Å². The molecule has 0 aliphatic rings. The molecule has 28 heavy (non-hydrogen) atoms. The zero-order valence-electron chi connectivity index (χ0n) is 15.8. The fourth-order valence-electron chi connectivity index (χ4n) is 2.74. The summed E-state index contributed by atoms with van der Waals surface area (Å²) in [5.41, 5.74) is 4.06. The number of carbonyl (C=O) groups is 1. The van der Waals surface area contributed by atoms with Crippen LogP contribution in [0.4, 0.5) is 11.4 Å². The third-order valence-corrected chi connectivity index (χ3v) is 4.51. The van der Waals surface area contributed by atoms with Gasteiger partial charge in [0.05, 0.1) is 24.7 Å². The minimum absolute atomic E-state index is 0.281. The zero-order valence-corrected chi connectivity index (χ0v) is 16.6. The summed E-state index contributed by atoms with van der Waals surface area (Å²) in [6.07, 6.45) is 2.52. The van der Waals surface area contributed by atoms with Crippen LogP contribution in [0.2, 0.25) is 5.02 Å². The molecule has 144 valence electrons. The van der Waals surface area contributed by atoms with Gasteiger partial charge in [0.15, 0.2) is 0 Å². The molecule has 2 N–H and O–H groups in total. The van der Waals surface area contributed by atoms with Crippen molar-refractivity contribution in [3.63, 3.8) is 0 Å². The quantitative estimate of drug-likeness (QED) is 0.593. The van der Waals surface area contributed by atoms with E-state index < -0.39 is 0 Å². The number of aromatic nitrogens is 1. The normalized spacial score (nSPS) is 10.4. The van der Waals surface area contributed by atoms with E-state index in [1.165, 1.54) is 5.56 Å². The summed E-state index contributed by atoms with van der Waals surface area (Å²) in [6, 6.07) is 16.9. The predicted molar refractivity (Wildman–Crippen MR) is 114 cm³/mol. The molecular weight excluding hydrogens is 374 g/mol. The number of rotatable bonds is 7. The SMILES string of the molecule is COc1ccc(C)cc1NC(=O)c1ccc(NCCc2ccc(Cl)cc2)cn1. The Morgan fingerprint density at radius 1 is 1.11 bits per heavy atom. The molecule has 0 radical (unpaired) electrons. The summed E-state index contributed by atoms with van der Waals surface area (Å²) < 4.78 is 5.29. The molecule has 0 spiro atoms. The number of carbonyl (C=O) groups excluding carboxylic acids is 1. The van der Waals surface area contributed by atoms with Crippen molar-refractivity contribution in [2.75, 3.05) is 24.3 Å². The number of hydrogen-bond donors (Lipinski definition) is 2. The van der Waals surface area contributed by atoms with Gasteiger partial charge in [-0.3, -0.25) is 4.79 Å². The average Bonchev–Trinajstić information content (AvgIpc) is 2.70. The molecule has 0 aliphatic carbocycles. The van der Waals surface area contributed by atoms with Crippen molar-refractivity contribution in [1.82, 2.24) is 4.98 Å². The Morgan fingerprint density at radius 2 is 1.89 bits per heavy atom. The van der Waals surface area contributed by atoms with Crippen LogP contribution in [0.15, 0.2) is 60.8 Å². The Bertz CT molecular complexity index is 941. The molecule has 1 heterocycles. The Morgan fingerprint density at radius 3 is 2.57 bits per heavy atom. The van der Waals surface area contributed by atoms with Crippen molar-refractivity contribution in [2.45, 2.75) is 13.3 Å². The van der Waals surface area contributed by atoms with Gasteiger partial charge in [-0.25, -0.2) is 4.98 Å². The van der Waals surface area contributed by atoms with Crippen molar-refractivity contribution < 1.29 is 9.53 Å². The van der Waals surface area contributed by atoms with Crippen molar-refractivity contribution in [3.05, 3.63) is 82.6 Å². The maximum absolute atomic E-state index is 12.5. The molecule has 0 saturated heterocycles. The van der Waals surface area contributed by atoms with E-state index in [2.05, 4.69) is 15.6 Å². The van der Waals surface area contributed by atoms with E-state index in [-0.39, 0.29) is 5.91 Å². The molecule has 0 bridgehead atoms. The van der Waals surface area contributed by atoms with Crippen LogP contribution in [0.3, 0.4) is 0 Å². The van der Waals surface area contributed by atoms with Gasteiger partial charge in [0.2, 0.25) is 0 Å². The molecule has 1 aromatic heterocycles. The first kappa shape index (κ1) is 19.7. The summed E-state index contributed by atoms with van der Waals surface area (Å²) in [6.45, 7) is 2.72. The van der Waals surface area contributed by atoms with E-state index in [1.54, 1.807) is 19.4 Å². The smallest absolute Gasteiger partial charge is 0.274 e. The molecule has 0 saturated carbocycles. The summed E-state index contributed by atoms with van der Waals surface area (Å²) in [5, 5.41) is 6.89. The highest BCUT2D eigenvalue weighted by Gasteiger charge is 2.11. The number of aryl methyl sites for hydroxylation is 1. The van der Waals surface area contributed by atoms with E-state index >= 15 is 0 Å². The Kier molecular flexibility index (Phi) is 6.50. The fourth-order valence-corrected chi connectivity index (χ4v) is 2.87. The van der Waals surface area contributed by atoms with Crippen LogP contribution >= 0.6 is 11.6 Å². The number of hydrogen-bond acceptors (Lipinski definition) is 4. The molecule has 2 aromatic carbocycles. The third-order valence-electron chi connectivity index (χ3n) is 4.26. The highest BCUT2D eigenvalue weighted by Crippen LogP contribution is 2.25. The second-order valence-electron chi connectivity index (χ2n) is 6.39. The minimum atomic E-state index is -0.281. The minimum Gasteiger partial charge on any atom is -0.495 e. The Hall–Kier alpha value is -3.05. The monoisotopic (exact) mass is 395 g/mol. The summed E-state index contributed by atoms with van der Waals surface area (Å²) in [7, 11) is 1.57. The van der Waals surface area contributed by atoms with Crippen molar-refractivity contribution in [1.29, 1.82) is 0 Å². The van der Waals surface area contributed by atoms with Crippen LogP contribution in [-0.4, -0.2) is 24.5 Å². The van der Waals surface area contributed by atoms with Gasteiger partial charge in [-0.05, 0) is 60.9 Å². The Labute approximate surface area is 169 Å². The number of ether oxygens (including phenoxy) is 1. The summed E-state index contributed by atoms with van der Waals surface area (Å²) >= 11 is 5.89. The van der Waals surface area contributed by atoms with Crippen LogP contribution in [0.25, 0.3) is 0 Å². The maximum Gasteiger partial charge on any atom is 0.274 e. The summed E-state index contributed by atoms with van der Waals surface area (Å²) in [5.74, 6) is 0.330. The second kappa shape index (κ2) is 9.24. The van der Waals surface area contributed by atoms with Crippen LogP contribution in [0.5, 0.6) is 5.75 Å². The number of nitrogens with one attached hydrogen (secondary N) is 2. The highest BCUT2D eigenvalue weighted by atomic mass is 35.5. The molecular formula is C22H22ClN3O2. The number of halogens is 1. The lowest BCUT2D eigenvalue weighted by molar-refractivity contribution is 0.102. The zero-order chi connectivity index (χ0) is 19.9. The van der Waals surface area contributed by atoms with Crippen LogP contribution < -0.4 is 15.4 Å². The average molecular weight is 396 g/mol. The lowest BCUT2D eigenvalue weighted by Gasteiger charge is -2.11. The number of methoxy groups -OCH3 is 1. The van der Waals surface area contributed by atoms with Gasteiger partial charge < -0.3 is 15.4 Å². The molecule has 0 aliphatic heterocycles. The second-order valence-corrected chi connectivity index (χ2v) is 6.83. The van der Waals surface area contributed by atoms with Gasteiger partial charge in [0.25, 0.3) is 5.91 Å². The molecule has 6 heteroatoms. The van der Waals surface area contributed by atoms with Gasteiger partial charge in [0, 0.05) is 11.6 Å². The lowest BCUT2D eigenvalue weighted by Crippen LogP contribution is -2.14. The standard InChI is InChI=1S/C22H22ClN3O2/c1-15-3-10-21(28-2)20(13-15)26-22(27)19-9-8-18(14-25-19)24-12-11-16-4-6-17(23)7-5-16/h3-10,13-14,24H,11-12H2,1-2H3,(H,26,27). The topological polar surface area (TPSA) is 63.2 Å². The largest absolute Gasteiger partial charge is 0.495 e. The molecule has 0 fully saturated rings. The molecule has 0 unspecified atom stereocenters. The lowest BCUT2D eigenvalue weighted by atomic mass is 10.1. The van der Waals surface area contributed by atoms with Crippen LogP contribution in [0.1, 0.15) is 21.6 Å². The first-order valence-electron chi connectivity index (χ1n) is 8.95. The fraction of sp³-hybridized carbons (Fsp3) is 0.182. The van der Waals surface area contributed by atoms with E-state index in [9.17, 15) is 4.79 Å². The van der Waals surface area contributed by atoms with E-state index in [4.69, 9.17) is 16.3 Å². The van der Waals surface area contributed by atoms with Crippen molar-refractivity contribution in [2.24, 2.45) is 0 Å². The molecule has 0 atom stereocenters. The number of pyridine rings is 1. The van der Waals surface area contributed by atoms with E-state index in [0.29, 0.717) is 17.1 Å². The van der Waals surface area contributed by atoms with Gasteiger partial charge in [-0.1, -0.05) is 29.8 Å². The molecule has 1 amide bonds. The number of benzene rings is 2. The van der Waals surface area contributed by atoms with E-state index in [0.717, 1.165) is 29.2 Å². The number of nitrogens with zero attached hydrogens (tertiary/aromatic N) is 1. The van der Waals surface area contributed by atoms with Gasteiger partial charge in [-0.2, -0.15) is 0 Å². The molecule has 5 nitrogen and oxygen atoms in total. The molecule has 3 rings (SSSR count). The van der Waals surface area contributed by atoms with Gasteiger partial charge >= 0.3 is 0 Å². The number of anilines is 2. The maximum atomic E-state index is 12.5. The van der Waals surface area contributed by atoms with Gasteiger partial charge in [0.1, 0.15) is 11.4 Å². The van der Waals surface area contributed by atoms with E-state index in [1.807, 2.05) is 55.5 Å². The third kappa shape index (κ3) is 5.24. The first-order valence-corrected chi connectivity index (χ1v) is 9.33. The first-order chi connectivity index (χ1) is 13.5. The molecule has 3 aromatic rings.